The van der Waals surface area contributed by atoms with Gasteiger partial charge in [0.2, 0.25) is 0 Å². The molecule has 2 rings (SSSR count). The zero-order valence-electron chi connectivity index (χ0n) is 16.6. The minimum absolute atomic E-state index is 0. The smallest absolute Gasteiger partial charge is 0.191 e. The van der Waals surface area contributed by atoms with E-state index in [1.807, 2.05) is 10.6 Å². The Hall–Kier alpha value is -1.84. The standard InChI is InChI=1S/C19H30N6O.HI/c1-5-20-19(21-10-6-7-11-25-13-22-23-14-25)24-16(3)17-12-15(2)8-9-18(17)26-4;/h8-9,12-14,16H,5-7,10-11H2,1-4H3,(H2,20,21,24);1H. The summed E-state index contributed by atoms with van der Waals surface area (Å²) in [6.45, 7) is 8.80. The fraction of sp³-hybridized carbons (Fsp3) is 0.526. The molecular formula is C19H31IN6O. The fourth-order valence-electron chi connectivity index (χ4n) is 2.73. The van der Waals surface area contributed by atoms with E-state index >= 15 is 0 Å². The molecule has 2 aromatic rings. The first kappa shape index (κ1) is 23.2. The van der Waals surface area contributed by atoms with Crippen LogP contribution in [0.4, 0.5) is 0 Å². The summed E-state index contributed by atoms with van der Waals surface area (Å²) in [4.78, 5) is 4.69. The van der Waals surface area contributed by atoms with Crippen molar-refractivity contribution in [1.82, 2.24) is 25.4 Å². The van der Waals surface area contributed by atoms with Gasteiger partial charge in [0.05, 0.1) is 13.2 Å². The molecule has 1 atom stereocenters. The molecule has 7 nitrogen and oxygen atoms in total. The third-order valence-electron chi connectivity index (χ3n) is 4.11. The van der Waals surface area contributed by atoms with Crippen LogP contribution in [0.1, 0.15) is 43.9 Å². The van der Waals surface area contributed by atoms with Gasteiger partial charge in [-0.15, -0.1) is 34.2 Å². The Morgan fingerprint density at radius 1 is 1.26 bits per heavy atom. The monoisotopic (exact) mass is 486 g/mol. The summed E-state index contributed by atoms with van der Waals surface area (Å²) in [7, 11) is 1.70. The predicted molar refractivity (Wildman–Crippen MR) is 120 cm³/mol. The first-order chi connectivity index (χ1) is 12.6. The zero-order chi connectivity index (χ0) is 18.8. The van der Waals surface area contributed by atoms with Gasteiger partial charge in [-0.2, -0.15) is 0 Å². The van der Waals surface area contributed by atoms with Gasteiger partial charge in [0.1, 0.15) is 18.4 Å². The lowest BCUT2D eigenvalue weighted by Crippen LogP contribution is -2.39. The number of hydrogen-bond donors (Lipinski definition) is 2. The van der Waals surface area contributed by atoms with E-state index < -0.39 is 0 Å². The van der Waals surface area contributed by atoms with Crippen LogP contribution < -0.4 is 15.4 Å². The quantitative estimate of drug-likeness (QED) is 0.246. The van der Waals surface area contributed by atoms with Crippen LogP contribution in [-0.2, 0) is 6.54 Å². The van der Waals surface area contributed by atoms with Crippen molar-refractivity contribution < 1.29 is 4.74 Å². The Balaban J connectivity index is 0.00000364. The molecule has 0 bridgehead atoms. The molecule has 0 radical (unpaired) electrons. The highest BCUT2D eigenvalue weighted by atomic mass is 127. The van der Waals surface area contributed by atoms with Gasteiger partial charge in [-0.25, -0.2) is 0 Å². The number of hydrogen-bond acceptors (Lipinski definition) is 4. The van der Waals surface area contributed by atoms with Crippen LogP contribution in [0.25, 0.3) is 0 Å². The molecule has 0 saturated carbocycles. The van der Waals surface area contributed by atoms with Crippen LogP contribution in [0.15, 0.2) is 35.8 Å². The summed E-state index contributed by atoms with van der Waals surface area (Å²) in [5, 5.41) is 14.4. The number of ether oxygens (including phenoxy) is 1. The van der Waals surface area contributed by atoms with E-state index in [9.17, 15) is 0 Å². The maximum absolute atomic E-state index is 5.50. The van der Waals surface area contributed by atoms with Gasteiger partial charge in [-0.3, -0.25) is 4.99 Å². The number of guanidine groups is 1. The first-order valence-electron chi connectivity index (χ1n) is 9.15. The molecule has 0 fully saturated rings. The van der Waals surface area contributed by atoms with Gasteiger partial charge in [0.15, 0.2) is 5.96 Å². The van der Waals surface area contributed by atoms with Gasteiger partial charge in [0.25, 0.3) is 0 Å². The summed E-state index contributed by atoms with van der Waals surface area (Å²) in [5.74, 6) is 1.72. The number of aliphatic imine (C=N–C) groups is 1. The van der Waals surface area contributed by atoms with Crippen LogP contribution in [0.2, 0.25) is 0 Å². The van der Waals surface area contributed by atoms with Crippen LogP contribution >= 0.6 is 24.0 Å². The van der Waals surface area contributed by atoms with Crippen molar-refractivity contribution in [1.29, 1.82) is 0 Å². The SMILES string of the molecule is CCNC(=NCCCCn1cnnc1)NC(C)c1cc(C)ccc1OC.I. The molecule has 0 saturated heterocycles. The molecular weight excluding hydrogens is 455 g/mol. The van der Waals surface area contributed by atoms with E-state index in [0.717, 1.165) is 49.7 Å². The number of unbranched alkanes of at least 4 members (excludes halogenated alkanes) is 1. The Bertz CT molecular complexity index is 690. The van der Waals surface area contributed by atoms with Gasteiger partial charge in [0, 0.05) is 25.2 Å². The maximum atomic E-state index is 5.50. The second-order valence-electron chi connectivity index (χ2n) is 6.28. The molecule has 0 amide bonds. The van der Waals surface area contributed by atoms with E-state index in [2.05, 4.69) is 58.7 Å². The predicted octanol–water partition coefficient (Wildman–Crippen LogP) is 3.31. The fourth-order valence-corrected chi connectivity index (χ4v) is 2.73. The molecule has 150 valence electrons. The summed E-state index contributed by atoms with van der Waals surface area (Å²) < 4.78 is 7.48. The largest absolute Gasteiger partial charge is 0.496 e. The molecule has 0 aliphatic rings. The van der Waals surface area contributed by atoms with E-state index in [1.54, 1.807) is 19.8 Å². The number of aryl methyl sites for hydroxylation is 2. The molecule has 1 heterocycles. The van der Waals surface area contributed by atoms with Crippen molar-refractivity contribution >= 4 is 29.9 Å². The molecule has 1 aromatic heterocycles. The van der Waals surface area contributed by atoms with Crippen molar-refractivity contribution in [3.05, 3.63) is 42.0 Å². The summed E-state index contributed by atoms with van der Waals surface area (Å²) in [5.41, 5.74) is 2.34. The Kier molecular flexibility index (Phi) is 10.8. The Morgan fingerprint density at radius 2 is 2.00 bits per heavy atom. The zero-order valence-corrected chi connectivity index (χ0v) is 18.9. The van der Waals surface area contributed by atoms with Crippen molar-refractivity contribution in [3.8, 4) is 5.75 Å². The molecule has 0 aliphatic heterocycles. The van der Waals surface area contributed by atoms with Gasteiger partial charge in [-0.05, 0) is 39.7 Å². The van der Waals surface area contributed by atoms with E-state index in [0.29, 0.717) is 0 Å². The highest BCUT2D eigenvalue weighted by Gasteiger charge is 2.13. The van der Waals surface area contributed by atoms with Gasteiger partial charge < -0.3 is 19.9 Å². The average molecular weight is 486 g/mol. The third-order valence-corrected chi connectivity index (χ3v) is 4.11. The van der Waals surface area contributed by atoms with Gasteiger partial charge >= 0.3 is 0 Å². The third kappa shape index (κ3) is 7.74. The topological polar surface area (TPSA) is 76.4 Å². The second-order valence-corrected chi connectivity index (χ2v) is 6.28. The summed E-state index contributed by atoms with van der Waals surface area (Å²) >= 11 is 0. The minimum Gasteiger partial charge on any atom is -0.496 e. The lowest BCUT2D eigenvalue weighted by atomic mass is 10.0. The number of halogens is 1. The van der Waals surface area contributed by atoms with E-state index in [4.69, 9.17) is 4.74 Å². The molecule has 0 spiro atoms. The number of nitrogens with zero attached hydrogens (tertiary/aromatic N) is 4. The molecule has 8 heteroatoms. The first-order valence-corrected chi connectivity index (χ1v) is 9.15. The maximum Gasteiger partial charge on any atom is 0.191 e. The molecule has 27 heavy (non-hydrogen) atoms. The Morgan fingerprint density at radius 3 is 2.67 bits per heavy atom. The molecule has 1 aromatic carbocycles. The highest BCUT2D eigenvalue weighted by molar-refractivity contribution is 14.0. The van der Waals surface area contributed by atoms with E-state index in [1.165, 1.54) is 5.56 Å². The van der Waals surface area contributed by atoms with E-state index in [-0.39, 0.29) is 30.0 Å². The van der Waals surface area contributed by atoms with Crippen molar-refractivity contribution in [2.75, 3.05) is 20.2 Å². The Labute approximate surface area is 179 Å². The van der Waals surface area contributed by atoms with Crippen molar-refractivity contribution in [2.45, 2.75) is 46.2 Å². The molecule has 0 aliphatic carbocycles. The normalized spacial score (nSPS) is 12.2. The number of benzene rings is 1. The molecule has 2 N–H and O–H groups in total. The molecule has 1 unspecified atom stereocenters. The van der Waals surface area contributed by atoms with Gasteiger partial charge in [-0.1, -0.05) is 17.7 Å². The number of nitrogens with one attached hydrogen (secondary N) is 2. The average Bonchev–Trinajstić information content (AvgIpc) is 3.15. The van der Waals surface area contributed by atoms with Crippen LogP contribution in [0.5, 0.6) is 5.75 Å². The number of aromatic nitrogens is 3. The van der Waals surface area contributed by atoms with Crippen LogP contribution in [0.3, 0.4) is 0 Å². The number of methoxy groups -OCH3 is 1. The lowest BCUT2D eigenvalue weighted by molar-refractivity contribution is 0.405. The van der Waals surface area contributed by atoms with Crippen LogP contribution in [-0.4, -0.2) is 40.9 Å². The second kappa shape index (κ2) is 12.5. The number of rotatable bonds is 9. The van der Waals surface area contributed by atoms with Crippen molar-refractivity contribution in [3.63, 3.8) is 0 Å². The van der Waals surface area contributed by atoms with Crippen LogP contribution in [0, 0.1) is 6.92 Å². The highest BCUT2D eigenvalue weighted by Crippen LogP contribution is 2.25. The minimum atomic E-state index is 0. The van der Waals surface area contributed by atoms with Crippen molar-refractivity contribution in [2.24, 2.45) is 4.99 Å². The summed E-state index contributed by atoms with van der Waals surface area (Å²) in [6.07, 6.45) is 5.54. The summed E-state index contributed by atoms with van der Waals surface area (Å²) in [6, 6.07) is 6.32. The lowest BCUT2D eigenvalue weighted by Gasteiger charge is -2.20.